The average molecular weight is 369 g/mol. The van der Waals surface area contributed by atoms with Gasteiger partial charge in [0.25, 0.3) is 0 Å². The van der Waals surface area contributed by atoms with E-state index in [1.165, 1.54) is 16.8 Å². The van der Waals surface area contributed by atoms with Crippen LogP contribution >= 0.6 is 15.9 Å². The average Bonchev–Trinajstić information content (AvgIpc) is 2.92. The quantitative estimate of drug-likeness (QED) is 0.576. The Balaban J connectivity index is 2.00. The first kappa shape index (κ1) is 16.0. The zero-order valence-corrected chi connectivity index (χ0v) is 15.1. The van der Waals surface area contributed by atoms with Gasteiger partial charge >= 0.3 is 0 Å². The molecular weight excluding hydrogens is 348 g/mol. The van der Waals surface area contributed by atoms with E-state index in [1.54, 1.807) is 0 Å². The SMILES string of the molecule is CC(C)Cc1c(-c2ccccc2)ncn1Cc1ccccc1Br. The number of halogens is 1. The number of hydrogen-bond acceptors (Lipinski definition) is 1. The molecule has 0 bridgehead atoms. The molecule has 23 heavy (non-hydrogen) atoms. The fourth-order valence-corrected chi connectivity index (χ4v) is 3.20. The molecule has 2 nitrogen and oxygen atoms in total. The van der Waals surface area contributed by atoms with Gasteiger partial charge in [-0.25, -0.2) is 4.98 Å². The number of nitrogens with zero attached hydrogens (tertiary/aromatic N) is 2. The van der Waals surface area contributed by atoms with Gasteiger partial charge in [-0.1, -0.05) is 78.3 Å². The lowest BCUT2D eigenvalue weighted by Gasteiger charge is -2.13. The van der Waals surface area contributed by atoms with Crippen LogP contribution in [0, 0.1) is 5.92 Å². The largest absolute Gasteiger partial charge is 0.329 e. The van der Waals surface area contributed by atoms with Gasteiger partial charge in [0.1, 0.15) is 0 Å². The summed E-state index contributed by atoms with van der Waals surface area (Å²) < 4.78 is 3.42. The Morgan fingerprint density at radius 1 is 1.00 bits per heavy atom. The van der Waals surface area contributed by atoms with Crippen LogP contribution in [0.3, 0.4) is 0 Å². The summed E-state index contributed by atoms with van der Waals surface area (Å²) in [6.45, 7) is 5.35. The minimum atomic E-state index is 0.590. The first-order chi connectivity index (χ1) is 11.1. The standard InChI is InChI=1S/C20H21BrN2/c1-15(2)12-19-20(16-8-4-3-5-9-16)22-14-23(19)13-17-10-6-7-11-18(17)21/h3-11,14-15H,12-13H2,1-2H3. The van der Waals surface area contributed by atoms with Crippen molar-refractivity contribution in [3.05, 3.63) is 76.7 Å². The highest BCUT2D eigenvalue weighted by molar-refractivity contribution is 9.10. The van der Waals surface area contributed by atoms with Crippen LogP contribution in [-0.2, 0) is 13.0 Å². The molecule has 0 aliphatic heterocycles. The Bertz CT molecular complexity index is 775. The molecular formula is C20H21BrN2. The first-order valence-corrected chi connectivity index (χ1v) is 8.77. The van der Waals surface area contributed by atoms with Crippen molar-refractivity contribution < 1.29 is 0 Å². The zero-order chi connectivity index (χ0) is 16.2. The van der Waals surface area contributed by atoms with E-state index in [0.29, 0.717) is 5.92 Å². The molecule has 2 aromatic carbocycles. The molecule has 1 aromatic heterocycles. The summed E-state index contributed by atoms with van der Waals surface area (Å²) in [5, 5.41) is 0. The van der Waals surface area contributed by atoms with Crippen LogP contribution in [0.2, 0.25) is 0 Å². The van der Waals surface area contributed by atoms with Gasteiger partial charge in [0.15, 0.2) is 0 Å². The van der Waals surface area contributed by atoms with Gasteiger partial charge in [-0.3, -0.25) is 0 Å². The van der Waals surface area contributed by atoms with Gasteiger partial charge < -0.3 is 4.57 Å². The Morgan fingerprint density at radius 2 is 1.70 bits per heavy atom. The number of imidazole rings is 1. The molecule has 0 radical (unpaired) electrons. The third kappa shape index (κ3) is 3.73. The van der Waals surface area contributed by atoms with Crippen molar-refractivity contribution in [2.24, 2.45) is 5.92 Å². The van der Waals surface area contributed by atoms with E-state index in [4.69, 9.17) is 4.98 Å². The molecule has 0 fully saturated rings. The Labute approximate surface area is 146 Å². The fourth-order valence-electron chi connectivity index (χ4n) is 2.79. The Morgan fingerprint density at radius 3 is 2.39 bits per heavy atom. The highest BCUT2D eigenvalue weighted by Gasteiger charge is 2.15. The van der Waals surface area contributed by atoms with E-state index in [1.807, 2.05) is 18.5 Å². The highest BCUT2D eigenvalue weighted by Crippen LogP contribution is 2.26. The summed E-state index contributed by atoms with van der Waals surface area (Å²) in [5.74, 6) is 0.590. The minimum absolute atomic E-state index is 0.590. The summed E-state index contributed by atoms with van der Waals surface area (Å²) in [7, 11) is 0. The second kappa shape index (κ2) is 7.14. The maximum absolute atomic E-state index is 4.71. The van der Waals surface area contributed by atoms with E-state index in [-0.39, 0.29) is 0 Å². The molecule has 0 amide bonds. The van der Waals surface area contributed by atoms with Crippen molar-refractivity contribution in [3.8, 4) is 11.3 Å². The Kier molecular flexibility index (Phi) is 4.97. The van der Waals surface area contributed by atoms with Crippen molar-refractivity contribution in [1.29, 1.82) is 0 Å². The molecule has 0 N–H and O–H groups in total. The van der Waals surface area contributed by atoms with Crippen LogP contribution in [0.25, 0.3) is 11.3 Å². The molecule has 0 aliphatic carbocycles. The molecule has 0 saturated heterocycles. The lowest BCUT2D eigenvalue weighted by Crippen LogP contribution is -2.07. The predicted octanol–water partition coefficient (Wildman–Crippen LogP) is 5.56. The molecule has 0 aliphatic rings. The third-order valence-corrected chi connectivity index (χ3v) is 4.67. The van der Waals surface area contributed by atoms with Crippen molar-refractivity contribution >= 4 is 15.9 Å². The number of hydrogen-bond donors (Lipinski definition) is 0. The summed E-state index contributed by atoms with van der Waals surface area (Å²) in [5.41, 5.74) is 4.87. The van der Waals surface area contributed by atoms with Crippen LogP contribution in [0.15, 0.2) is 65.4 Å². The summed E-state index contributed by atoms with van der Waals surface area (Å²) in [4.78, 5) is 4.71. The van der Waals surface area contributed by atoms with Crippen molar-refractivity contribution in [2.75, 3.05) is 0 Å². The molecule has 1 heterocycles. The normalized spacial score (nSPS) is 11.1. The monoisotopic (exact) mass is 368 g/mol. The topological polar surface area (TPSA) is 17.8 Å². The van der Waals surface area contributed by atoms with Crippen molar-refractivity contribution in [2.45, 2.75) is 26.8 Å². The zero-order valence-electron chi connectivity index (χ0n) is 13.5. The lowest BCUT2D eigenvalue weighted by molar-refractivity contribution is 0.605. The fraction of sp³-hybridized carbons (Fsp3) is 0.250. The summed E-state index contributed by atoms with van der Waals surface area (Å²) in [6, 6.07) is 18.8. The van der Waals surface area contributed by atoms with Crippen molar-refractivity contribution in [3.63, 3.8) is 0 Å². The van der Waals surface area contributed by atoms with Crippen molar-refractivity contribution in [1.82, 2.24) is 9.55 Å². The van der Waals surface area contributed by atoms with Gasteiger partial charge in [0.2, 0.25) is 0 Å². The molecule has 0 spiro atoms. The second-order valence-electron chi connectivity index (χ2n) is 6.22. The molecule has 118 valence electrons. The van der Waals surface area contributed by atoms with Gasteiger partial charge in [0.05, 0.1) is 12.0 Å². The molecule has 3 aromatic rings. The van der Waals surface area contributed by atoms with E-state index in [9.17, 15) is 0 Å². The van der Waals surface area contributed by atoms with E-state index in [2.05, 4.69) is 76.8 Å². The van der Waals surface area contributed by atoms with E-state index < -0.39 is 0 Å². The Hall–Kier alpha value is -1.87. The maximum atomic E-state index is 4.71. The maximum Gasteiger partial charge on any atom is 0.0959 e. The van der Waals surface area contributed by atoms with Crippen LogP contribution in [0.5, 0.6) is 0 Å². The van der Waals surface area contributed by atoms with E-state index in [0.717, 1.165) is 23.1 Å². The predicted molar refractivity (Wildman–Crippen MR) is 99.4 cm³/mol. The van der Waals surface area contributed by atoms with Gasteiger partial charge in [-0.15, -0.1) is 0 Å². The number of benzene rings is 2. The van der Waals surface area contributed by atoms with Gasteiger partial charge in [-0.2, -0.15) is 0 Å². The van der Waals surface area contributed by atoms with Crippen LogP contribution in [-0.4, -0.2) is 9.55 Å². The van der Waals surface area contributed by atoms with Crippen LogP contribution in [0.1, 0.15) is 25.1 Å². The third-order valence-electron chi connectivity index (χ3n) is 3.89. The molecule has 0 unspecified atom stereocenters. The molecule has 0 saturated carbocycles. The molecule has 0 atom stereocenters. The lowest BCUT2D eigenvalue weighted by atomic mass is 10.0. The smallest absolute Gasteiger partial charge is 0.0959 e. The molecule has 3 heteroatoms. The number of rotatable bonds is 5. The second-order valence-corrected chi connectivity index (χ2v) is 7.08. The van der Waals surface area contributed by atoms with Crippen LogP contribution < -0.4 is 0 Å². The first-order valence-electron chi connectivity index (χ1n) is 7.98. The summed E-state index contributed by atoms with van der Waals surface area (Å²) >= 11 is 3.65. The highest BCUT2D eigenvalue weighted by atomic mass is 79.9. The molecule has 3 rings (SSSR count). The van der Waals surface area contributed by atoms with Gasteiger partial charge in [0, 0.05) is 22.3 Å². The van der Waals surface area contributed by atoms with Crippen LogP contribution in [0.4, 0.5) is 0 Å². The minimum Gasteiger partial charge on any atom is -0.329 e. The summed E-state index contributed by atoms with van der Waals surface area (Å²) in [6.07, 6.45) is 2.99. The number of aromatic nitrogens is 2. The van der Waals surface area contributed by atoms with Gasteiger partial charge in [-0.05, 0) is 24.0 Å². The van der Waals surface area contributed by atoms with E-state index >= 15 is 0 Å².